The van der Waals surface area contributed by atoms with Gasteiger partial charge in [-0.1, -0.05) is 4.99 Å². The molecule has 1 radical (unpaired) electrons. The van der Waals surface area contributed by atoms with Crippen LogP contribution < -0.4 is 10.3 Å². The van der Waals surface area contributed by atoms with Crippen LogP contribution in [0.3, 0.4) is 0 Å². The number of nitrogens with one attached hydrogen (secondary N) is 1. The average molecular weight is 84.1 g/mol. The molecule has 0 saturated carbocycles. The molecule has 0 aromatic carbocycles. The first kappa shape index (κ1) is 3.65. The van der Waals surface area contributed by atoms with Crippen LogP contribution in [0.15, 0.2) is 0 Å². The van der Waals surface area contributed by atoms with Crippen LogP contribution >= 0.6 is 0 Å². The van der Waals surface area contributed by atoms with Crippen LogP contribution in [-0.4, -0.2) is 19.4 Å². The molecule has 1 aliphatic rings. The summed E-state index contributed by atoms with van der Waals surface area (Å²) in [4.78, 5) is 3.94. The lowest BCUT2D eigenvalue weighted by atomic mass is 10.4. The van der Waals surface area contributed by atoms with E-state index in [4.69, 9.17) is 0 Å². The van der Waals surface area contributed by atoms with Crippen molar-refractivity contribution in [2.45, 2.75) is 6.42 Å². The molecule has 0 bridgehead atoms. The van der Waals surface area contributed by atoms with Crippen molar-refractivity contribution >= 4 is 6.34 Å². The molecule has 0 spiro atoms. The van der Waals surface area contributed by atoms with Crippen LogP contribution in [0.25, 0.3) is 0 Å². The fourth-order valence-electron chi connectivity index (χ4n) is 0.466. The van der Waals surface area contributed by atoms with Gasteiger partial charge in [0.05, 0.1) is 6.54 Å². The molecule has 1 aliphatic heterocycles. The zero-order valence-corrected chi connectivity index (χ0v) is 3.65. The van der Waals surface area contributed by atoms with Gasteiger partial charge in [0.15, 0.2) is 0 Å². The highest BCUT2D eigenvalue weighted by Gasteiger charge is 1.95. The van der Waals surface area contributed by atoms with Gasteiger partial charge in [-0.05, 0) is 0 Å². The van der Waals surface area contributed by atoms with Crippen molar-refractivity contribution in [1.82, 2.24) is 10.3 Å². The Hall–Kier alpha value is -0.530. The van der Waals surface area contributed by atoms with Gasteiger partial charge in [0.1, 0.15) is 6.54 Å². The van der Waals surface area contributed by atoms with Crippen LogP contribution in [-0.2, 0) is 0 Å². The van der Waals surface area contributed by atoms with Crippen molar-refractivity contribution in [3.8, 4) is 0 Å². The third-order valence-electron chi connectivity index (χ3n) is 0.791. The predicted octanol–water partition coefficient (Wildman–Crippen LogP) is -0.656. The topological polar surface area (TPSA) is 26.1 Å². The second kappa shape index (κ2) is 1.80. The summed E-state index contributed by atoms with van der Waals surface area (Å²) < 4.78 is 0. The number of aliphatic imine (C=N–C) groups is 1. The highest BCUT2D eigenvalue weighted by Crippen LogP contribution is 1.71. The quantitative estimate of drug-likeness (QED) is 0.414. The van der Waals surface area contributed by atoms with Gasteiger partial charge in [-0.3, -0.25) is 5.32 Å². The van der Waals surface area contributed by atoms with Crippen molar-refractivity contribution in [2.24, 2.45) is 0 Å². The Labute approximate surface area is 37.3 Å². The summed E-state index contributed by atoms with van der Waals surface area (Å²) >= 11 is 0. The smallest absolute Gasteiger partial charge is 0.273 e. The molecule has 6 heavy (non-hydrogen) atoms. The highest BCUT2D eigenvalue weighted by molar-refractivity contribution is 5.53. The second-order valence-corrected chi connectivity index (χ2v) is 1.34. The normalized spacial score (nSPS) is 20.0. The maximum absolute atomic E-state index is 3.94. The van der Waals surface area contributed by atoms with Gasteiger partial charge in [-0.25, -0.2) is 0 Å². The Balaban J connectivity index is 2.26. The number of hydrogen-bond donors (Lipinski definition) is 1. The van der Waals surface area contributed by atoms with E-state index >= 15 is 0 Å². The summed E-state index contributed by atoms with van der Waals surface area (Å²) in [5, 5.41) is 2.99. The van der Waals surface area contributed by atoms with E-state index in [-0.39, 0.29) is 0 Å². The molecule has 1 N–H and O–H groups in total. The minimum absolute atomic E-state index is 1.01. The molecule has 0 saturated heterocycles. The van der Waals surface area contributed by atoms with E-state index in [0.29, 0.717) is 0 Å². The van der Waals surface area contributed by atoms with Crippen molar-refractivity contribution < 1.29 is 0 Å². The molecular formula is C4H8N2+. The molecule has 33 valence electrons. The van der Waals surface area contributed by atoms with E-state index in [9.17, 15) is 0 Å². The van der Waals surface area contributed by atoms with Crippen LogP contribution in [0.1, 0.15) is 6.42 Å². The van der Waals surface area contributed by atoms with Gasteiger partial charge in [0.25, 0.3) is 6.34 Å². The summed E-state index contributed by atoms with van der Waals surface area (Å²) in [7, 11) is 0. The van der Waals surface area contributed by atoms with E-state index in [2.05, 4.69) is 10.3 Å². The Kier molecular flexibility index (Phi) is 1.10. The lowest BCUT2D eigenvalue weighted by Gasteiger charge is -1.91. The summed E-state index contributed by atoms with van der Waals surface area (Å²) in [6.45, 7) is 2.11. The SMILES string of the molecule is C1=[N+]CCCN1. The first-order valence-electron chi connectivity index (χ1n) is 2.22. The Morgan fingerprint density at radius 1 is 1.67 bits per heavy atom. The van der Waals surface area contributed by atoms with Gasteiger partial charge in [0, 0.05) is 6.42 Å². The molecule has 0 atom stereocenters. The fraction of sp³-hybridized carbons (Fsp3) is 0.750. The van der Waals surface area contributed by atoms with Gasteiger partial charge in [-0.15, -0.1) is 0 Å². The zero-order valence-electron chi connectivity index (χ0n) is 3.65. The van der Waals surface area contributed by atoms with Crippen LogP contribution in [0.5, 0.6) is 0 Å². The Morgan fingerprint density at radius 3 is 2.83 bits per heavy atom. The fourth-order valence-corrected chi connectivity index (χ4v) is 0.466. The molecule has 0 unspecified atom stereocenters. The summed E-state index contributed by atoms with van der Waals surface area (Å²) in [5.41, 5.74) is 0. The Morgan fingerprint density at radius 2 is 2.67 bits per heavy atom. The summed E-state index contributed by atoms with van der Waals surface area (Å²) in [5.74, 6) is 0. The molecule has 1 rings (SSSR count). The second-order valence-electron chi connectivity index (χ2n) is 1.34. The lowest BCUT2D eigenvalue weighted by Crippen LogP contribution is -2.23. The minimum Gasteiger partial charge on any atom is -0.278 e. The molecule has 0 amide bonds. The molecule has 0 aliphatic carbocycles. The largest absolute Gasteiger partial charge is 0.278 e. The molecule has 2 nitrogen and oxygen atoms in total. The average Bonchev–Trinajstić information content (AvgIpc) is 1.72. The maximum Gasteiger partial charge on any atom is 0.273 e. The van der Waals surface area contributed by atoms with Gasteiger partial charge in [0.2, 0.25) is 0 Å². The van der Waals surface area contributed by atoms with Crippen LogP contribution in [0.2, 0.25) is 0 Å². The Bertz CT molecular complexity index is 50.6. The number of nitrogens with zero attached hydrogens (tertiary/aromatic N) is 1. The minimum atomic E-state index is 1.01. The van der Waals surface area contributed by atoms with E-state index < -0.39 is 0 Å². The maximum atomic E-state index is 3.94. The molecular weight excluding hydrogens is 76.1 g/mol. The molecule has 0 aromatic heterocycles. The summed E-state index contributed by atoms with van der Waals surface area (Å²) in [6, 6.07) is 0. The lowest BCUT2D eigenvalue weighted by molar-refractivity contribution is 0.719. The monoisotopic (exact) mass is 84.1 g/mol. The third kappa shape index (κ3) is 0.708. The van der Waals surface area contributed by atoms with Gasteiger partial charge < -0.3 is 0 Å². The van der Waals surface area contributed by atoms with Crippen molar-refractivity contribution in [2.75, 3.05) is 13.1 Å². The van der Waals surface area contributed by atoms with Crippen molar-refractivity contribution in [3.63, 3.8) is 0 Å². The molecule has 0 aromatic rings. The third-order valence-corrected chi connectivity index (χ3v) is 0.791. The first-order valence-corrected chi connectivity index (χ1v) is 2.22. The highest BCUT2D eigenvalue weighted by atomic mass is 15.0. The predicted molar refractivity (Wildman–Crippen MR) is 25.7 cm³/mol. The van der Waals surface area contributed by atoms with E-state index in [1.54, 1.807) is 6.34 Å². The van der Waals surface area contributed by atoms with Gasteiger partial charge >= 0.3 is 0 Å². The number of rotatable bonds is 0. The van der Waals surface area contributed by atoms with Crippen molar-refractivity contribution in [1.29, 1.82) is 0 Å². The molecule has 1 heterocycles. The molecule has 2 heteroatoms. The van der Waals surface area contributed by atoms with E-state index in [0.717, 1.165) is 13.1 Å². The standard InChI is InChI=1S/C4H8N2/c1-2-5-4-6-3-1/h4-5H,1-3H2/q+1. The number of hydrogen-bond acceptors (Lipinski definition) is 2. The first-order chi connectivity index (χ1) is 3.00. The van der Waals surface area contributed by atoms with E-state index in [1.165, 1.54) is 6.42 Å². The van der Waals surface area contributed by atoms with E-state index in [1.807, 2.05) is 0 Å². The van der Waals surface area contributed by atoms with Crippen molar-refractivity contribution in [3.05, 3.63) is 0 Å². The van der Waals surface area contributed by atoms with Gasteiger partial charge in [-0.2, -0.15) is 0 Å². The van der Waals surface area contributed by atoms with Crippen LogP contribution in [0, 0.1) is 0 Å². The zero-order chi connectivity index (χ0) is 4.24. The van der Waals surface area contributed by atoms with Crippen LogP contribution in [0.4, 0.5) is 0 Å². The summed E-state index contributed by atoms with van der Waals surface area (Å²) in [6.07, 6.45) is 2.96. The molecule has 0 fully saturated rings.